The maximum Gasteiger partial charge on any atom is 0.172 e. The predicted molar refractivity (Wildman–Crippen MR) is 118 cm³/mol. The van der Waals surface area contributed by atoms with Crippen LogP contribution in [0.2, 0.25) is 0 Å². The molecule has 4 aromatic rings. The zero-order valence-corrected chi connectivity index (χ0v) is 19.8. The first-order chi connectivity index (χ1) is 15.6. The van der Waals surface area contributed by atoms with E-state index in [2.05, 4.69) is 0 Å². The minimum absolute atomic E-state index is 0. The highest BCUT2D eigenvalue weighted by atomic mass is 127. The highest BCUT2D eigenvalue weighted by Gasteiger charge is 2.11. The fourth-order valence-corrected chi connectivity index (χ4v) is 3.36. The first-order valence-corrected chi connectivity index (χ1v) is 10.3. The van der Waals surface area contributed by atoms with Gasteiger partial charge in [-0.15, -0.1) is 0 Å². The van der Waals surface area contributed by atoms with E-state index >= 15 is 0 Å². The molecule has 3 nitrogen and oxygen atoms in total. The van der Waals surface area contributed by atoms with Crippen molar-refractivity contribution in [3.05, 3.63) is 115 Å². The van der Waals surface area contributed by atoms with Crippen LogP contribution < -0.4 is 38.2 Å². The van der Waals surface area contributed by atoms with Gasteiger partial charge in [-0.05, 0) is 72.8 Å². The van der Waals surface area contributed by atoms with E-state index in [9.17, 15) is 13.2 Å². The van der Waals surface area contributed by atoms with Gasteiger partial charge in [0.05, 0.1) is 0 Å². The van der Waals surface area contributed by atoms with Crippen molar-refractivity contribution in [2.24, 2.45) is 0 Å². The molecule has 0 aliphatic heterocycles. The van der Waals surface area contributed by atoms with Gasteiger partial charge in [0.1, 0.15) is 35.5 Å². The normalized spacial score (nSPS) is 10.4. The molecule has 1 aromatic heterocycles. The largest absolute Gasteiger partial charge is 1.00 e. The molecule has 0 bridgehead atoms. The van der Waals surface area contributed by atoms with Crippen LogP contribution in [0.4, 0.5) is 24.5 Å². The fourth-order valence-electron chi connectivity index (χ4n) is 3.36. The Hall–Kier alpha value is -3.07. The van der Waals surface area contributed by atoms with Gasteiger partial charge in [-0.1, -0.05) is 0 Å². The van der Waals surface area contributed by atoms with Crippen molar-refractivity contribution >= 4 is 11.4 Å². The van der Waals surface area contributed by atoms with Gasteiger partial charge in [0.2, 0.25) is 0 Å². The molecule has 4 rings (SSSR count). The number of pyridine rings is 1. The van der Waals surface area contributed by atoms with Crippen molar-refractivity contribution in [3.8, 4) is 11.5 Å². The summed E-state index contributed by atoms with van der Waals surface area (Å²) in [5, 5.41) is 0. The summed E-state index contributed by atoms with van der Waals surface area (Å²) in [7, 11) is 0. The predicted octanol–water partition coefficient (Wildman–Crippen LogP) is 3.42. The van der Waals surface area contributed by atoms with E-state index in [4.69, 9.17) is 4.74 Å². The summed E-state index contributed by atoms with van der Waals surface area (Å²) in [5.41, 5.74) is 1.68. The van der Waals surface area contributed by atoms with E-state index in [-0.39, 0.29) is 41.4 Å². The number of rotatable bonds is 8. The second kappa shape index (κ2) is 11.7. The molecule has 3 aromatic carbocycles. The molecule has 0 amide bonds. The first kappa shape index (κ1) is 24.6. The van der Waals surface area contributed by atoms with Crippen LogP contribution in [-0.2, 0) is 6.54 Å². The maximum atomic E-state index is 13.4. The van der Waals surface area contributed by atoms with E-state index in [0.29, 0.717) is 18.0 Å². The average molecular weight is 562 g/mol. The molecule has 0 saturated heterocycles. The third kappa shape index (κ3) is 6.95. The van der Waals surface area contributed by atoms with Crippen molar-refractivity contribution in [1.29, 1.82) is 0 Å². The Balaban J connectivity index is 0.00000306. The second-order valence-corrected chi connectivity index (χ2v) is 7.29. The van der Waals surface area contributed by atoms with E-state index in [1.54, 1.807) is 36.4 Å². The van der Waals surface area contributed by atoms with Gasteiger partial charge in [-0.3, -0.25) is 0 Å². The molecule has 0 spiro atoms. The Bertz CT molecular complexity index is 1090. The molecule has 7 heteroatoms. The Labute approximate surface area is 208 Å². The lowest BCUT2D eigenvalue weighted by atomic mass is 10.2. The molecule has 0 atom stereocenters. The number of halogens is 4. The third-order valence-corrected chi connectivity index (χ3v) is 4.98. The van der Waals surface area contributed by atoms with Crippen molar-refractivity contribution in [2.75, 3.05) is 11.4 Å². The molecular formula is C26H22F3IN2O. The summed E-state index contributed by atoms with van der Waals surface area (Å²) >= 11 is 0. The van der Waals surface area contributed by atoms with Crippen LogP contribution in [0.3, 0.4) is 0 Å². The number of anilines is 2. The average Bonchev–Trinajstić information content (AvgIpc) is 2.81. The lowest BCUT2D eigenvalue weighted by molar-refractivity contribution is -0.697. The van der Waals surface area contributed by atoms with Gasteiger partial charge >= 0.3 is 0 Å². The quantitative estimate of drug-likeness (QED) is 0.242. The molecule has 0 aliphatic carbocycles. The molecule has 1 heterocycles. The molecule has 33 heavy (non-hydrogen) atoms. The third-order valence-electron chi connectivity index (χ3n) is 4.98. The lowest BCUT2D eigenvalue weighted by Gasteiger charge is -2.24. The van der Waals surface area contributed by atoms with Crippen LogP contribution in [0.1, 0.15) is 6.42 Å². The van der Waals surface area contributed by atoms with Gasteiger partial charge in [-0.25, -0.2) is 17.7 Å². The topological polar surface area (TPSA) is 16.4 Å². The van der Waals surface area contributed by atoms with Crippen LogP contribution in [-0.4, -0.2) is 6.54 Å². The van der Waals surface area contributed by atoms with Crippen LogP contribution in [0.25, 0.3) is 0 Å². The highest BCUT2D eigenvalue weighted by Crippen LogP contribution is 2.26. The van der Waals surface area contributed by atoms with Crippen LogP contribution >= 0.6 is 0 Å². The van der Waals surface area contributed by atoms with Crippen molar-refractivity contribution < 1.29 is 46.5 Å². The number of benzene rings is 3. The second-order valence-electron chi connectivity index (χ2n) is 7.29. The molecule has 170 valence electrons. The minimum Gasteiger partial charge on any atom is -1.00 e. The van der Waals surface area contributed by atoms with Gasteiger partial charge < -0.3 is 33.6 Å². The first-order valence-electron chi connectivity index (χ1n) is 10.3. The monoisotopic (exact) mass is 562 g/mol. The number of hydrogen-bond acceptors (Lipinski definition) is 2. The zero-order valence-electron chi connectivity index (χ0n) is 17.7. The summed E-state index contributed by atoms with van der Waals surface area (Å²) in [6, 6.07) is 22.1. The smallest absolute Gasteiger partial charge is 0.172 e. The van der Waals surface area contributed by atoms with Gasteiger partial charge in [0, 0.05) is 36.5 Å². The zero-order chi connectivity index (χ0) is 22.3. The lowest BCUT2D eigenvalue weighted by Crippen LogP contribution is -3.00. The van der Waals surface area contributed by atoms with E-state index < -0.39 is 0 Å². The number of ether oxygens (including phenoxy) is 1. The highest BCUT2D eigenvalue weighted by molar-refractivity contribution is 5.62. The maximum absolute atomic E-state index is 13.4. The van der Waals surface area contributed by atoms with Crippen molar-refractivity contribution in [2.45, 2.75) is 13.0 Å². The van der Waals surface area contributed by atoms with Gasteiger partial charge in [-0.2, -0.15) is 0 Å². The Morgan fingerprint density at radius 2 is 1.03 bits per heavy atom. The molecule has 0 aliphatic rings. The van der Waals surface area contributed by atoms with Crippen molar-refractivity contribution in [3.63, 3.8) is 0 Å². The molecule has 0 unspecified atom stereocenters. The Morgan fingerprint density at radius 3 is 1.52 bits per heavy atom. The number of hydrogen-bond donors (Lipinski definition) is 0. The SMILES string of the molecule is Fc1ccc(Oc2cc[n+](CCCN(c3ccc(F)cc3)c3ccc(F)cc3)cc2)cc1.[I-]. The van der Waals surface area contributed by atoms with Crippen LogP contribution in [0.5, 0.6) is 11.5 Å². The fraction of sp³-hybridized carbons (Fsp3) is 0.115. The summed E-state index contributed by atoms with van der Waals surface area (Å²) in [6.07, 6.45) is 4.63. The molecule has 0 radical (unpaired) electrons. The summed E-state index contributed by atoms with van der Waals surface area (Å²) in [5.74, 6) is 0.321. The van der Waals surface area contributed by atoms with Crippen molar-refractivity contribution in [1.82, 2.24) is 0 Å². The number of nitrogens with zero attached hydrogens (tertiary/aromatic N) is 2. The van der Waals surface area contributed by atoms with Crippen LogP contribution in [0, 0.1) is 17.5 Å². The number of aromatic nitrogens is 1. The molecular weight excluding hydrogens is 540 g/mol. The minimum atomic E-state index is -0.307. The Kier molecular flexibility index (Phi) is 8.71. The van der Waals surface area contributed by atoms with Crippen LogP contribution in [0.15, 0.2) is 97.3 Å². The molecule has 0 fully saturated rings. The van der Waals surface area contributed by atoms with Gasteiger partial charge in [0.15, 0.2) is 12.4 Å². The van der Waals surface area contributed by atoms with Gasteiger partial charge in [0.25, 0.3) is 0 Å². The van der Waals surface area contributed by atoms with E-state index in [1.165, 1.54) is 36.4 Å². The molecule has 0 saturated carbocycles. The molecule has 0 N–H and O–H groups in total. The summed E-state index contributed by atoms with van der Waals surface area (Å²) in [6.45, 7) is 1.41. The summed E-state index contributed by atoms with van der Waals surface area (Å²) < 4.78 is 47.5. The van der Waals surface area contributed by atoms with E-state index in [0.717, 1.165) is 24.3 Å². The summed E-state index contributed by atoms with van der Waals surface area (Å²) in [4.78, 5) is 2.03. The Morgan fingerprint density at radius 1 is 0.606 bits per heavy atom. The van der Waals surface area contributed by atoms with E-state index in [1.807, 2.05) is 34.0 Å². The number of aryl methyl sites for hydroxylation is 1. The standard InChI is InChI=1S/C26H22F3N2O.HI/c27-20-2-8-23(9-3-20)31(24-10-4-21(28)5-11-24)17-1-16-30-18-14-26(15-19-30)32-25-12-6-22(29)7-13-25;/h2-15,18-19H,1,16-17H2;1H/q+1;/p-1.